The van der Waals surface area contributed by atoms with E-state index in [2.05, 4.69) is 0 Å². The largest absolute Gasteiger partial charge is 0.371 e. The normalized spacial score (nSPS) is 11.2. The first-order valence-corrected chi connectivity index (χ1v) is 8.09. The van der Waals surface area contributed by atoms with E-state index in [1.807, 2.05) is 27.7 Å². The third kappa shape index (κ3) is 9.42. The maximum absolute atomic E-state index is 13.5. The zero-order valence-electron chi connectivity index (χ0n) is 12.7. The fourth-order valence-electron chi connectivity index (χ4n) is 0.912. The molecule has 6 heteroatoms. The first-order valence-electron chi connectivity index (χ1n) is 6.91. The first-order chi connectivity index (χ1) is 8.96. The Morgan fingerprint density at radius 2 is 1.42 bits per heavy atom. The van der Waals surface area contributed by atoms with Gasteiger partial charge in [0.2, 0.25) is 5.78 Å². The summed E-state index contributed by atoms with van der Waals surface area (Å²) in [7, 11) is -2.45. The van der Waals surface area contributed by atoms with Crippen molar-refractivity contribution in [1.82, 2.24) is 0 Å². The van der Waals surface area contributed by atoms with E-state index >= 15 is 0 Å². The second-order valence-corrected chi connectivity index (χ2v) is 5.32. The van der Waals surface area contributed by atoms with E-state index in [-0.39, 0.29) is 13.2 Å². The molecule has 0 N–H and O–H groups in total. The molecular formula is C13H27F2O3P. The zero-order valence-corrected chi connectivity index (χ0v) is 13.6. The molecule has 0 aliphatic carbocycles. The van der Waals surface area contributed by atoms with Crippen molar-refractivity contribution in [3.05, 3.63) is 0 Å². The highest BCUT2D eigenvalue weighted by atomic mass is 31.2. The minimum atomic E-state index is -3.50. The third-order valence-corrected chi connectivity index (χ3v) is 3.67. The van der Waals surface area contributed by atoms with E-state index in [1.54, 1.807) is 0 Å². The number of alkyl halides is 2. The molecular weight excluding hydrogens is 273 g/mol. The summed E-state index contributed by atoms with van der Waals surface area (Å²) < 4.78 is 37.0. The maximum Gasteiger partial charge on any atom is 0.371 e. The van der Waals surface area contributed by atoms with Gasteiger partial charge in [-0.2, -0.15) is 8.78 Å². The van der Waals surface area contributed by atoms with Crippen molar-refractivity contribution in [3.8, 4) is 0 Å². The molecule has 0 radical (unpaired) electrons. The highest BCUT2D eigenvalue weighted by Crippen LogP contribution is 2.54. The van der Waals surface area contributed by atoms with Crippen LogP contribution in [0.25, 0.3) is 0 Å². The van der Waals surface area contributed by atoms with E-state index < -0.39 is 19.8 Å². The molecule has 0 fully saturated rings. The Morgan fingerprint density at radius 3 is 1.68 bits per heavy atom. The van der Waals surface area contributed by atoms with Crippen LogP contribution in [0.3, 0.4) is 0 Å². The van der Waals surface area contributed by atoms with E-state index in [1.165, 1.54) is 0 Å². The first kappa shape index (κ1) is 21.2. The van der Waals surface area contributed by atoms with E-state index in [0.29, 0.717) is 12.8 Å². The average Bonchev–Trinajstić information content (AvgIpc) is 2.39. The Bertz CT molecular complexity index is 216. The minimum Gasteiger partial charge on any atom is -0.330 e. The number of ketones is 1. The molecule has 0 spiro atoms. The second kappa shape index (κ2) is 12.9. The SMILES string of the molecule is CC.CCCCOP(OCCCC)C(F)(F)C(C)=O. The number of Topliss-reactive ketones (excluding diaryl/α,β-unsaturated/α-hetero) is 1. The molecule has 3 nitrogen and oxygen atoms in total. The van der Waals surface area contributed by atoms with Gasteiger partial charge in [0, 0.05) is 6.92 Å². The van der Waals surface area contributed by atoms with Crippen molar-refractivity contribution in [1.29, 1.82) is 0 Å². The zero-order chi connectivity index (χ0) is 15.3. The van der Waals surface area contributed by atoms with Crippen LogP contribution in [0.1, 0.15) is 60.3 Å². The number of halogens is 2. The molecule has 0 aliphatic rings. The molecule has 0 rings (SSSR count). The molecule has 0 saturated carbocycles. The molecule has 19 heavy (non-hydrogen) atoms. The van der Waals surface area contributed by atoms with Crippen molar-refractivity contribution in [3.63, 3.8) is 0 Å². The number of hydrogen-bond donors (Lipinski definition) is 0. The van der Waals surface area contributed by atoms with Gasteiger partial charge in [-0.3, -0.25) is 4.79 Å². The van der Waals surface area contributed by atoms with Crippen molar-refractivity contribution >= 4 is 14.2 Å². The van der Waals surface area contributed by atoms with Crippen LogP contribution in [-0.2, 0) is 13.8 Å². The van der Waals surface area contributed by atoms with Gasteiger partial charge in [0.1, 0.15) is 0 Å². The van der Waals surface area contributed by atoms with Crippen LogP contribution in [0.15, 0.2) is 0 Å². The van der Waals surface area contributed by atoms with Gasteiger partial charge in [0.15, 0.2) is 0 Å². The van der Waals surface area contributed by atoms with Crippen LogP contribution in [0.4, 0.5) is 8.78 Å². The Hall–Kier alpha value is -0.120. The number of carbonyl (C=O) groups excluding carboxylic acids is 1. The standard InChI is InChI=1S/C11H21F2O3P.C2H6/c1-4-6-8-15-17(16-9-7-5-2)11(12,13)10(3)14;1-2/h4-9H2,1-3H3;1-2H3. The molecule has 0 aromatic carbocycles. The molecule has 0 aliphatic heterocycles. The lowest BCUT2D eigenvalue weighted by atomic mass is 10.4. The van der Waals surface area contributed by atoms with Gasteiger partial charge >= 0.3 is 5.66 Å². The predicted molar refractivity (Wildman–Crippen MR) is 75.6 cm³/mol. The summed E-state index contributed by atoms with van der Waals surface area (Å²) in [5.74, 6) is -1.20. The molecule has 0 saturated heterocycles. The molecule has 0 aromatic rings. The fraction of sp³-hybridized carbons (Fsp3) is 0.923. The van der Waals surface area contributed by atoms with Crippen LogP contribution < -0.4 is 0 Å². The summed E-state index contributed by atoms with van der Waals surface area (Å²) >= 11 is 0. The van der Waals surface area contributed by atoms with E-state index in [9.17, 15) is 13.6 Å². The predicted octanol–water partition coefficient (Wildman–Crippen LogP) is 5.14. The van der Waals surface area contributed by atoms with Gasteiger partial charge in [-0.05, 0) is 12.8 Å². The van der Waals surface area contributed by atoms with Crippen LogP contribution in [0, 0.1) is 0 Å². The number of unbranched alkanes of at least 4 members (excludes halogenated alkanes) is 2. The fourth-order valence-corrected chi connectivity index (χ4v) is 2.16. The van der Waals surface area contributed by atoms with Crippen LogP contribution in [0.2, 0.25) is 0 Å². The summed E-state index contributed by atoms with van der Waals surface area (Å²) in [4.78, 5) is 10.9. The Kier molecular flexibility index (Phi) is 14.4. The highest BCUT2D eigenvalue weighted by molar-refractivity contribution is 7.49. The lowest BCUT2D eigenvalue weighted by Gasteiger charge is -2.23. The molecule has 116 valence electrons. The second-order valence-electron chi connectivity index (χ2n) is 3.73. The van der Waals surface area contributed by atoms with Gasteiger partial charge in [0.25, 0.3) is 8.38 Å². The number of carbonyl (C=O) groups is 1. The molecule has 0 bridgehead atoms. The molecule has 0 atom stereocenters. The molecule has 0 unspecified atom stereocenters. The lowest BCUT2D eigenvalue weighted by molar-refractivity contribution is -0.132. The van der Waals surface area contributed by atoms with E-state index in [0.717, 1.165) is 19.8 Å². The number of hydrogen-bond acceptors (Lipinski definition) is 3. The summed E-state index contributed by atoms with van der Waals surface area (Å²) in [6.45, 7) is 9.15. The monoisotopic (exact) mass is 300 g/mol. The average molecular weight is 300 g/mol. The summed E-state index contributed by atoms with van der Waals surface area (Å²) in [6, 6.07) is 0. The molecule has 0 aromatic heterocycles. The highest BCUT2D eigenvalue weighted by Gasteiger charge is 2.47. The van der Waals surface area contributed by atoms with Crippen molar-refractivity contribution in [2.45, 2.75) is 66.0 Å². The minimum absolute atomic E-state index is 0.206. The smallest absolute Gasteiger partial charge is 0.330 e. The van der Waals surface area contributed by atoms with E-state index in [4.69, 9.17) is 9.05 Å². The van der Waals surface area contributed by atoms with Gasteiger partial charge < -0.3 is 9.05 Å². The third-order valence-electron chi connectivity index (χ3n) is 2.07. The lowest BCUT2D eigenvalue weighted by Crippen LogP contribution is -2.26. The summed E-state index contributed by atoms with van der Waals surface area (Å²) in [5.41, 5.74) is -3.50. The van der Waals surface area contributed by atoms with Crippen molar-refractivity contribution in [2.24, 2.45) is 0 Å². The summed E-state index contributed by atoms with van der Waals surface area (Å²) in [5, 5.41) is 0. The van der Waals surface area contributed by atoms with Gasteiger partial charge in [-0.1, -0.05) is 40.5 Å². The van der Waals surface area contributed by atoms with Crippen LogP contribution in [0.5, 0.6) is 0 Å². The Morgan fingerprint density at radius 1 is 1.05 bits per heavy atom. The van der Waals surface area contributed by atoms with Gasteiger partial charge in [-0.25, -0.2) is 0 Å². The van der Waals surface area contributed by atoms with Crippen LogP contribution in [-0.4, -0.2) is 24.7 Å². The number of rotatable bonds is 10. The van der Waals surface area contributed by atoms with Crippen LogP contribution >= 0.6 is 8.38 Å². The molecule has 0 heterocycles. The molecule has 0 amide bonds. The van der Waals surface area contributed by atoms with Crippen molar-refractivity contribution in [2.75, 3.05) is 13.2 Å². The maximum atomic E-state index is 13.5. The Labute approximate surface area is 117 Å². The van der Waals surface area contributed by atoms with Gasteiger partial charge in [-0.15, -0.1) is 0 Å². The summed E-state index contributed by atoms with van der Waals surface area (Å²) in [6.07, 6.45) is 3.07. The topological polar surface area (TPSA) is 35.5 Å². The quantitative estimate of drug-likeness (QED) is 0.414. The Balaban J connectivity index is 0. The van der Waals surface area contributed by atoms with Gasteiger partial charge in [0.05, 0.1) is 13.2 Å². The van der Waals surface area contributed by atoms with Crippen molar-refractivity contribution < 1.29 is 22.6 Å².